The van der Waals surface area contributed by atoms with E-state index in [1.54, 1.807) is 6.20 Å². The summed E-state index contributed by atoms with van der Waals surface area (Å²) in [5.41, 5.74) is 6.85. The molecule has 1 atom stereocenters. The lowest BCUT2D eigenvalue weighted by Gasteiger charge is -2.24. The summed E-state index contributed by atoms with van der Waals surface area (Å²) in [6, 6.07) is 10.3. The van der Waals surface area contributed by atoms with E-state index in [4.69, 9.17) is 11.6 Å². The molecule has 0 bridgehead atoms. The van der Waals surface area contributed by atoms with Crippen LogP contribution in [0, 0.1) is 0 Å². The molecule has 1 aromatic heterocycles. The van der Waals surface area contributed by atoms with Crippen LogP contribution in [0.3, 0.4) is 0 Å². The molecule has 0 spiro atoms. The number of carbonyl (C=O) groups is 1. The Morgan fingerprint density at radius 1 is 1.30 bits per heavy atom. The number of hydrogen-bond acceptors (Lipinski definition) is 4. The van der Waals surface area contributed by atoms with Crippen LogP contribution in [0.4, 0.5) is 0 Å². The Labute approximate surface area is 164 Å². The number of hydrogen-bond donors (Lipinski definition) is 2. The van der Waals surface area contributed by atoms with E-state index in [1.807, 2.05) is 30.5 Å². The average Bonchev–Trinajstić information content (AvgIpc) is 3.33. The Morgan fingerprint density at radius 3 is 2.74 bits per heavy atom. The molecule has 1 aliphatic heterocycles. The van der Waals surface area contributed by atoms with Crippen molar-refractivity contribution in [2.24, 2.45) is 0 Å². The third-order valence-electron chi connectivity index (χ3n) is 4.80. The van der Waals surface area contributed by atoms with Gasteiger partial charge in [-0.25, -0.2) is 5.43 Å². The standard InChI is InChI=1S/C21H23ClN4O/c1-13(2)26-8-7-20(25-26)15-9-14(19-6-3-17(22)12-23-19)10-16(11-15)21(27)24-18-4-5-18/h3,6-13,18,20,25H,4-5H2,1-2H3,(H,24,27). The van der Waals surface area contributed by atoms with Crippen molar-refractivity contribution in [1.82, 2.24) is 20.7 Å². The Balaban J connectivity index is 1.69. The fraction of sp³-hybridized carbons (Fsp3) is 0.333. The molecule has 2 N–H and O–H groups in total. The molecule has 140 valence electrons. The quantitative estimate of drug-likeness (QED) is 0.818. The Bertz CT molecular complexity index is 874. The highest BCUT2D eigenvalue weighted by molar-refractivity contribution is 6.30. The van der Waals surface area contributed by atoms with Gasteiger partial charge in [0.1, 0.15) is 0 Å². The van der Waals surface area contributed by atoms with Crippen LogP contribution in [-0.2, 0) is 0 Å². The summed E-state index contributed by atoms with van der Waals surface area (Å²) in [5, 5.41) is 5.74. The molecular formula is C21H23ClN4O. The maximum atomic E-state index is 12.7. The minimum absolute atomic E-state index is 0.0205. The minimum Gasteiger partial charge on any atom is -0.349 e. The monoisotopic (exact) mass is 382 g/mol. The van der Waals surface area contributed by atoms with E-state index < -0.39 is 0 Å². The van der Waals surface area contributed by atoms with Gasteiger partial charge in [-0.1, -0.05) is 11.6 Å². The van der Waals surface area contributed by atoms with Crippen molar-refractivity contribution >= 4 is 17.5 Å². The predicted octanol–water partition coefficient (Wildman–Crippen LogP) is 4.08. The van der Waals surface area contributed by atoms with Gasteiger partial charge in [0.2, 0.25) is 0 Å². The first-order valence-corrected chi connectivity index (χ1v) is 9.68. The Hall–Kier alpha value is -2.37. The first-order valence-electron chi connectivity index (χ1n) is 9.30. The smallest absolute Gasteiger partial charge is 0.251 e. The molecule has 27 heavy (non-hydrogen) atoms. The molecule has 1 amide bonds. The van der Waals surface area contributed by atoms with Crippen LogP contribution in [0.2, 0.25) is 5.02 Å². The second-order valence-electron chi connectivity index (χ2n) is 7.40. The number of pyridine rings is 1. The number of amides is 1. The van der Waals surface area contributed by atoms with E-state index in [-0.39, 0.29) is 11.9 Å². The lowest BCUT2D eigenvalue weighted by atomic mass is 9.98. The SMILES string of the molecule is CC(C)N1C=CC(c2cc(C(=O)NC3CC3)cc(-c3ccc(Cl)cn3)c2)N1. The zero-order valence-electron chi connectivity index (χ0n) is 15.4. The van der Waals surface area contributed by atoms with Crippen LogP contribution in [0.25, 0.3) is 11.3 Å². The van der Waals surface area contributed by atoms with Crippen molar-refractivity contribution in [3.63, 3.8) is 0 Å². The summed E-state index contributed by atoms with van der Waals surface area (Å²) in [6.45, 7) is 4.25. The molecule has 2 aromatic rings. The Morgan fingerprint density at radius 2 is 2.11 bits per heavy atom. The molecule has 2 aliphatic rings. The highest BCUT2D eigenvalue weighted by atomic mass is 35.5. The summed E-state index contributed by atoms with van der Waals surface area (Å²) in [4.78, 5) is 17.1. The number of nitrogens with zero attached hydrogens (tertiary/aromatic N) is 2. The molecule has 4 rings (SSSR count). The number of nitrogens with one attached hydrogen (secondary N) is 2. The minimum atomic E-state index is -0.0303. The van der Waals surface area contributed by atoms with Crippen LogP contribution >= 0.6 is 11.6 Å². The zero-order valence-corrected chi connectivity index (χ0v) is 16.2. The van der Waals surface area contributed by atoms with Gasteiger partial charge in [0.05, 0.1) is 16.8 Å². The first-order chi connectivity index (χ1) is 13.0. The third-order valence-corrected chi connectivity index (χ3v) is 5.02. The zero-order chi connectivity index (χ0) is 19.0. The normalized spacial score (nSPS) is 19.0. The summed E-state index contributed by atoms with van der Waals surface area (Å²) in [7, 11) is 0. The summed E-state index contributed by atoms with van der Waals surface area (Å²) in [5.74, 6) is -0.0303. The van der Waals surface area contributed by atoms with E-state index in [1.165, 1.54) is 0 Å². The molecule has 5 nitrogen and oxygen atoms in total. The van der Waals surface area contributed by atoms with Crippen LogP contribution in [0.15, 0.2) is 48.8 Å². The Kier molecular flexibility index (Phi) is 4.89. The predicted molar refractivity (Wildman–Crippen MR) is 107 cm³/mol. The largest absolute Gasteiger partial charge is 0.349 e. The van der Waals surface area contributed by atoms with Gasteiger partial charge in [0.25, 0.3) is 5.91 Å². The van der Waals surface area contributed by atoms with E-state index in [0.717, 1.165) is 29.7 Å². The molecule has 2 heterocycles. The summed E-state index contributed by atoms with van der Waals surface area (Å²) in [6.07, 6.45) is 7.91. The van der Waals surface area contributed by atoms with Gasteiger partial charge in [0.15, 0.2) is 0 Å². The fourth-order valence-corrected chi connectivity index (χ4v) is 3.20. The number of rotatable bonds is 5. The van der Waals surface area contributed by atoms with Gasteiger partial charge >= 0.3 is 0 Å². The van der Waals surface area contributed by atoms with Gasteiger partial charge in [-0.2, -0.15) is 0 Å². The van der Waals surface area contributed by atoms with Crippen molar-refractivity contribution in [1.29, 1.82) is 0 Å². The number of carbonyl (C=O) groups excluding carboxylic acids is 1. The molecule has 1 saturated carbocycles. The second-order valence-corrected chi connectivity index (χ2v) is 7.84. The molecular weight excluding hydrogens is 360 g/mol. The molecule has 0 radical (unpaired) electrons. The van der Waals surface area contributed by atoms with Gasteiger partial charge < -0.3 is 10.3 Å². The molecule has 1 unspecified atom stereocenters. The van der Waals surface area contributed by atoms with Crippen molar-refractivity contribution in [2.45, 2.75) is 44.8 Å². The fourth-order valence-electron chi connectivity index (χ4n) is 3.09. The van der Waals surface area contributed by atoms with Gasteiger partial charge in [-0.05, 0) is 68.7 Å². The van der Waals surface area contributed by atoms with Crippen LogP contribution in [-0.4, -0.2) is 28.0 Å². The van der Waals surface area contributed by atoms with Crippen molar-refractivity contribution in [3.05, 3.63) is 65.0 Å². The highest BCUT2D eigenvalue weighted by Crippen LogP contribution is 2.29. The molecule has 1 aliphatic carbocycles. The number of halogens is 1. The number of aromatic nitrogens is 1. The van der Waals surface area contributed by atoms with Crippen molar-refractivity contribution < 1.29 is 4.79 Å². The maximum absolute atomic E-state index is 12.7. The lowest BCUT2D eigenvalue weighted by Crippen LogP contribution is -2.36. The van der Waals surface area contributed by atoms with Crippen LogP contribution in [0.1, 0.15) is 48.7 Å². The second kappa shape index (κ2) is 7.33. The molecule has 6 heteroatoms. The van der Waals surface area contributed by atoms with E-state index in [9.17, 15) is 4.79 Å². The van der Waals surface area contributed by atoms with Gasteiger partial charge in [-0.15, -0.1) is 0 Å². The number of hydrazine groups is 1. The molecule has 0 saturated heterocycles. The lowest BCUT2D eigenvalue weighted by molar-refractivity contribution is 0.0951. The summed E-state index contributed by atoms with van der Waals surface area (Å²) >= 11 is 5.97. The van der Waals surface area contributed by atoms with E-state index >= 15 is 0 Å². The highest BCUT2D eigenvalue weighted by Gasteiger charge is 2.25. The van der Waals surface area contributed by atoms with Crippen molar-refractivity contribution in [3.8, 4) is 11.3 Å². The average molecular weight is 383 g/mol. The topological polar surface area (TPSA) is 57.3 Å². The van der Waals surface area contributed by atoms with Gasteiger partial charge in [-0.3, -0.25) is 9.78 Å². The molecule has 1 fully saturated rings. The maximum Gasteiger partial charge on any atom is 0.251 e. The van der Waals surface area contributed by atoms with Crippen LogP contribution < -0.4 is 10.7 Å². The van der Waals surface area contributed by atoms with E-state index in [2.05, 4.69) is 46.7 Å². The molecule has 1 aromatic carbocycles. The van der Waals surface area contributed by atoms with Gasteiger partial charge in [0, 0.05) is 35.6 Å². The summed E-state index contributed by atoms with van der Waals surface area (Å²) < 4.78 is 0. The third kappa shape index (κ3) is 4.15. The number of benzene rings is 1. The van der Waals surface area contributed by atoms with Crippen LogP contribution in [0.5, 0.6) is 0 Å². The van der Waals surface area contributed by atoms with Crippen molar-refractivity contribution in [2.75, 3.05) is 0 Å². The van der Waals surface area contributed by atoms with E-state index in [0.29, 0.717) is 22.7 Å². The first kappa shape index (κ1) is 18.0.